The van der Waals surface area contributed by atoms with E-state index in [4.69, 9.17) is 21.1 Å². The van der Waals surface area contributed by atoms with Crippen LogP contribution in [0.5, 0.6) is 0 Å². The molecule has 0 bridgehead atoms. The molecule has 11 nitrogen and oxygen atoms in total. The number of piperazine rings is 1. The number of fused-ring (bicyclic) bond motifs is 1. The summed E-state index contributed by atoms with van der Waals surface area (Å²) in [5.74, 6) is 0.427. The van der Waals surface area contributed by atoms with Crippen molar-refractivity contribution in [3.8, 4) is 11.1 Å². The molecule has 1 aliphatic heterocycles. The van der Waals surface area contributed by atoms with Crippen LogP contribution in [0.15, 0.2) is 131 Å². The largest absolute Gasteiger partial charge is 0.418 e. The van der Waals surface area contributed by atoms with E-state index < -0.39 is 32.7 Å². The number of rotatable bonds is 21. The Balaban J connectivity index is 1.04. The molecule has 1 atom stereocenters. The van der Waals surface area contributed by atoms with Crippen LogP contribution < -0.4 is 14.9 Å². The summed E-state index contributed by atoms with van der Waals surface area (Å²) in [6.45, 7) is 6.81. The second-order valence-electron chi connectivity index (χ2n) is 15.7. The van der Waals surface area contributed by atoms with E-state index in [9.17, 15) is 21.6 Å². The molecule has 1 aliphatic rings. The van der Waals surface area contributed by atoms with Gasteiger partial charge in [0.2, 0.25) is 0 Å². The summed E-state index contributed by atoms with van der Waals surface area (Å²) in [5, 5.41) is 4.23. The summed E-state index contributed by atoms with van der Waals surface area (Å²) < 4.78 is 85.2. The summed E-state index contributed by atoms with van der Waals surface area (Å²) in [7, 11) is -1.29. The maximum Gasteiger partial charge on any atom is 0.418 e. The summed E-state index contributed by atoms with van der Waals surface area (Å²) >= 11 is 7.67. The third kappa shape index (κ3) is 13.1. The number of nitrogens with zero attached hydrogens (tertiary/aromatic N) is 5. The first-order valence-electron chi connectivity index (χ1n) is 21.3. The normalized spacial score (nSPS) is 14.2. The summed E-state index contributed by atoms with van der Waals surface area (Å²) in [5.41, 5.74) is 3.63. The third-order valence-electron chi connectivity index (χ3n) is 11.3. The van der Waals surface area contributed by atoms with Crippen molar-refractivity contribution in [2.45, 2.75) is 35.0 Å². The summed E-state index contributed by atoms with van der Waals surface area (Å²) in [6.07, 6.45) is -3.11. The standard InChI is InChI=1S/C48H53ClF3N7O4S2/c1-62-28-26-57(27-29-63-2)21-20-38(33-64-40-9-4-3-5-10-40)55-45-19-17-41(31-44(45)48(50,51)52)65(60,61)56-47-43-18-16-39(30-46(43)53-34-54-47)59-24-22-58(23-25-59)32-36-8-6-7-11-42(36)35-12-14-37(49)15-13-35/h3-19,30-31,34,38,55H,20-29,32-33H2,1-2H3,(H,53,54,56). The Labute approximate surface area is 388 Å². The highest BCUT2D eigenvalue weighted by molar-refractivity contribution is 7.99. The fourth-order valence-electron chi connectivity index (χ4n) is 7.78. The first-order chi connectivity index (χ1) is 31.4. The number of sulfonamides is 1. The molecule has 1 fully saturated rings. The van der Waals surface area contributed by atoms with Gasteiger partial charge in [-0.2, -0.15) is 13.2 Å². The monoisotopic (exact) mass is 947 g/mol. The number of hydrogen-bond acceptors (Lipinski definition) is 11. The fourth-order valence-corrected chi connectivity index (χ4v) is 9.95. The number of alkyl halides is 3. The number of halogens is 4. The highest BCUT2D eigenvalue weighted by Gasteiger charge is 2.36. The maximum absolute atomic E-state index is 14.8. The van der Waals surface area contributed by atoms with Crippen LogP contribution >= 0.6 is 23.4 Å². The molecule has 0 amide bonds. The zero-order chi connectivity index (χ0) is 45.8. The van der Waals surface area contributed by atoms with E-state index in [0.29, 0.717) is 67.0 Å². The van der Waals surface area contributed by atoms with Gasteiger partial charge in [0.15, 0.2) is 5.82 Å². The second-order valence-corrected chi connectivity index (χ2v) is 19.0. The number of aromatic nitrogens is 2. The lowest BCUT2D eigenvalue weighted by atomic mass is 9.99. The van der Waals surface area contributed by atoms with Gasteiger partial charge in [-0.3, -0.25) is 14.5 Å². The minimum Gasteiger partial charge on any atom is -0.383 e. The minimum atomic E-state index is -4.86. The lowest BCUT2D eigenvalue weighted by Gasteiger charge is -2.36. The third-order valence-corrected chi connectivity index (χ3v) is 14.1. The minimum absolute atomic E-state index is 0.0361. The van der Waals surface area contributed by atoms with Gasteiger partial charge in [-0.1, -0.05) is 66.2 Å². The van der Waals surface area contributed by atoms with Gasteiger partial charge in [0.05, 0.1) is 29.2 Å². The molecule has 65 heavy (non-hydrogen) atoms. The molecule has 2 heterocycles. The highest BCUT2D eigenvalue weighted by Crippen LogP contribution is 2.38. The quantitative estimate of drug-likeness (QED) is 0.0674. The SMILES string of the molecule is COCCN(CCOC)CCC(CSc1ccccc1)Nc1ccc(S(=O)(=O)Nc2ncnc3cc(N4CCN(Cc5ccccc5-c5ccc(Cl)cc5)CC4)ccc23)cc1C(F)(F)F. The Morgan fingerprint density at radius 2 is 1.54 bits per heavy atom. The van der Waals surface area contributed by atoms with Crippen molar-refractivity contribution in [2.75, 3.05) is 93.9 Å². The van der Waals surface area contributed by atoms with Gasteiger partial charge in [-0.15, -0.1) is 11.8 Å². The van der Waals surface area contributed by atoms with Gasteiger partial charge in [0.25, 0.3) is 10.0 Å². The predicted molar refractivity (Wildman–Crippen MR) is 256 cm³/mol. The lowest BCUT2D eigenvalue weighted by Crippen LogP contribution is -2.46. The van der Waals surface area contributed by atoms with Gasteiger partial charge in [-0.05, 0) is 83.8 Å². The van der Waals surface area contributed by atoms with E-state index in [0.717, 1.165) is 48.9 Å². The number of ether oxygens (including phenoxy) is 2. The smallest absolute Gasteiger partial charge is 0.383 e. The summed E-state index contributed by atoms with van der Waals surface area (Å²) in [6, 6.07) is 34.0. The molecule has 2 N–H and O–H groups in total. The predicted octanol–water partition coefficient (Wildman–Crippen LogP) is 9.65. The number of benzene rings is 5. The van der Waals surface area contributed by atoms with E-state index in [1.165, 1.54) is 41.3 Å². The van der Waals surface area contributed by atoms with Crippen LogP contribution in [0.2, 0.25) is 5.02 Å². The van der Waals surface area contributed by atoms with E-state index in [2.05, 4.69) is 52.9 Å². The molecule has 0 aliphatic carbocycles. The van der Waals surface area contributed by atoms with Crippen molar-refractivity contribution >= 4 is 61.5 Å². The Kier molecular flexibility index (Phi) is 16.6. The molecular formula is C48H53ClF3N7O4S2. The first kappa shape index (κ1) is 48.0. The van der Waals surface area contributed by atoms with Crippen LogP contribution in [-0.2, 0) is 32.2 Å². The first-order valence-corrected chi connectivity index (χ1v) is 24.2. The molecule has 0 saturated carbocycles. The molecular weight excluding hydrogens is 895 g/mol. The number of thioether (sulfide) groups is 1. The van der Waals surface area contributed by atoms with Gasteiger partial charge < -0.3 is 19.7 Å². The van der Waals surface area contributed by atoms with Crippen molar-refractivity contribution < 1.29 is 31.1 Å². The van der Waals surface area contributed by atoms with Crippen molar-refractivity contribution in [1.29, 1.82) is 0 Å². The molecule has 17 heteroatoms. The lowest BCUT2D eigenvalue weighted by molar-refractivity contribution is -0.137. The maximum atomic E-state index is 14.8. The van der Waals surface area contributed by atoms with Crippen LogP contribution in [0, 0.1) is 0 Å². The number of nitrogens with one attached hydrogen (secondary N) is 2. The zero-order valence-electron chi connectivity index (χ0n) is 36.3. The molecule has 5 aromatic carbocycles. The zero-order valence-corrected chi connectivity index (χ0v) is 38.7. The average molecular weight is 949 g/mol. The molecule has 7 rings (SSSR count). The van der Waals surface area contributed by atoms with Gasteiger partial charge >= 0.3 is 6.18 Å². The van der Waals surface area contributed by atoms with Crippen LogP contribution in [0.3, 0.4) is 0 Å². The van der Waals surface area contributed by atoms with E-state index in [1.807, 2.05) is 72.8 Å². The second kappa shape index (κ2) is 22.5. The van der Waals surface area contributed by atoms with Crippen molar-refractivity contribution in [2.24, 2.45) is 0 Å². The Bertz CT molecular complexity index is 2580. The Hall–Kier alpha value is -4.94. The van der Waals surface area contributed by atoms with Gasteiger partial charge in [-0.25, -0.2) is 18.4 Å². The number of hydrogen-bond donors (Lipinski definition) is 2. The van der Waals surface area contributed by atoms with Crippen molar-refractivity contribution in [3.05, 3.63) is 138 Å². The van der Waals surface area contributed by atoms with Crippen LogP contribution in [0.1, 0.15) is 17.5 Å². The van der Waals surface area contributed by atoms with E-state index >= 15 is 0 Å². The number of anilines is 3. The van der Waals surface area contributed by atoms with Crippen LogP contribution in [0.25, 0.3) is 22.0 Å². The van der Waals surface area contributed by atoms with Crippen LogP contribution in [-0.4, -0.2) is 113 Å². The fraction of sp³-hybridized carbons (Fsp3) is 0.333. The van der Waals surface area contributed by atoms with E-state index in [-0.39, 0.29) is 11.5 Å². The van der Waals surface area contributed by atoms with Crippen LogP contribution in [0.4, 0.5) is 30.4 Å². The molecule has 344 valence electrons. The highest BCUT2D eigenvalue weighted by atomic mass is 35.5. The molecule has 1 aromatic heterocycles. The topological polar surface area (TPSA) is 112 Å². The molecule has 6 aromatic rings. The van der Waals surface area contributed by atoms with Crippen molar-refractivity contribution in [3.63, 3.8) is 0 Å². The molecule has 0 spiro atoms. The van der Waals surface area contributed by atoms with Gasteiger partial charge in [0.1, 0.15) is 6.33 Å². The van der Waals surface area contributed by atoms with Gasteiger partial charge in [0, 0.05) is 105 Å². The Morgan fingerprint density at radius 1 is 0.831 bits per heavy atom. The molecule has 1 saturated heterocycles. The summed E-state index contributed by atoms with van der Waals surface area (Å²) in [4.78, 5) is 15.9. The van der Waals surface area contributed by atoms with E-state index in [1.54, 1.807) is 20.3 Å². The molecule has 1 unspecified atom stereocenters. The average Bonchev–Trinajstić information content (AvgIpc) is 3.31. The van der Waals surface area contributed by atoms with Crippen molar-refractivity contribution in [1.82, 2.24) is 19.8 Å². The number of methoxy groups -OCH3 is 2. The molecule has 0 radical (unpaired) electrons. The Morgan fingerprint density at radius 3 is 2.25 bits per heavy atom.